The van der Waals surface area contributed by atoms with Gasteiger partial charge in [0.15, 0.2) is 11.7 Å². The van der Waals surface area contributed by atoms with E-state index in [0.717, 1.165) is 35.3 Å². The van der Waals surface area contributed by atoms with Gasteiger partial charge in [0.2, 0.25) is 0 Å². The summed E-state index contributed by atoms with van der Waals surface area (Å²) in [6.07, 6.45) is 0. The van der Waals surface area contributed by atoms with Crippen molar-refractivity contribution in [2.24, 2.45) is 4.99 Å². The van der Waals surface area contributed by atoms with Crippen LogP contribution in [0.1, 0.15) is 11.6 Å². The number of aliphatic imine (C=N–C) groups is 1. The lowest BCUT2D eigenvalue weighted by Crippen LogP contribution is -2.30. The molecule has 21 heavy (non-hydrogen) atoms. The smallest absolute Gasteiger partial charge is 0.199 e. The van der Waals surface area contributed by atoms with Gasteiger partial charge < -0.3 is 10.1 Å². The molecule has 2 heterocycles. The van der Waals surface area contributed by atoms with E-state index in [9.17, 15) is 0 Å². The zero-order valence-corrected chi connectivity index (χ0v) is 12.3. The summed E-state index contributed by atoms with van der Waals surface area (Å²) >= 11 is 6.18. The molecule has 106 valence electrons. The third-order valence-corrected chi connectivity index (χ3v) is 4.12. The Labute approximate surface area is 128 Å². The van der Waals surface area contributed by atoms with Crippen molar-refractivity contribution in [1.29, 1.82) is 0 Å². The summed E-state index contributed by atoms with van der Waals surface area (Å²) in [5.74, 6) is 2.51. The van der Waals surface area contributed by atoms with E-state index >= 15 is 0 Å². The van der Waals surface area contributed by atoms with Gasteiger partial charge in [0.25, 0.3) is 0 Å². The van der Waals surface area contributed by atoms with E-state index in [1.807, 2.05) is 36.4 Å². The highest BCUT2D eigenvalue weighted by Gasteiger charge is 2.37. The maximum atomic E-state index is 6.18. The summed E-state index contributed by atoms with van der Waals surface area (Å²) in [4.78, 5) is 6.51. The van der Waals surface area contributed by atoms with E-state index in [-0.39, 0.29) is 6.04 Å². The van der Waals surface area contributed by atoms with Crippen molar-refractivity contribution in [3.05, 3.63) is 53.1 Å². The number of para-hydroxylation sites is 1. The van der Waals surface area contributed by atoms with Crippen molar-refractivity contribution in [2.45, 2.75) is 6.04 Å². The number of guanidine groups is 1. The predicted molar refractivity (Wildman–Crippen MR) is 84.5 cm³/mol. The van der Waals surface area contributed by atoms with Gasteiger partial charge in [0.05, 0.1) is 11.7 Å². The van der Waals surface area contributed by atoms with Crippen LogP contribution in [0.4, 0.5) is 5.69 Å². The van der Waals surface area contributed by atoms with Crippen molar-refractivity contribution in [3.63, 3.8) is 0 Å². The minimum atomic E-state index is 0.152. The fourth-order valence-corrected chi connectivity index (χ4v) is 3.13. The molecule has 0 saturated carbocycles. The molecule has 4 rings (SSSR count). The minimum absolute atomic E-state index is 0.152. The molecule has 4 nitrogen and oxygen atoms in total. The molecule has 1 saturated heterocycles. The third-order valence-electron chi connectivity index (χ3n) is 3.88. The monoisotopic (exact) mass is 299 g/mol. The van der Waals surface area contributed by atoms with E-state index in [1.165, 1.54) is 0 Å². The second-order valence-electron chi connectivity index (χ2n) is 5.07. The molecule has 0 bridgehead atoms. The number of halogens is 1. The zero-order valence-electron chi connectivity index (χ0n) is 11.5. The van der Waals surface area contributed by atoms with E-state index < -0.39 is 0 Å². The molecule has 0 amide bonds. The molecule has 2 aromatic rings. The van der Waals surface area contributed by atoms with Gasteiger partial charge in [0, 0.05) is 24.2 Å². The molecule has 0 aromatic heterocycles. The van der Waals surface area contributed by atoms with Crippen molar-refractivity contribution in [2.75, 3.05) is 18.5 Å². The summed E-state index contributed by atoms with van der Waals surface area (Å²) in [7, 11) is 1.78. The first kappa shape index (κ1) is 12.5. The number of ether oxygens (including phenoxy) is 1. The van der Waals surface area contributed by atoms with Crippen LogP contribution in [0.25, 0.3) is 0 Å². The highest BCUT2D eigenvalue weighted by Crippen LogP contribution is 2.46. The van der Waals surface area contributed by atoms with Crippen molar-refractivity contribution >= 4 is 23.2 Å². The van der Waals surface area contributed by atoms with E-state index in [4.69, 9.17) is 16.3 Å². The second-order valence-corrected chi connectivity index (χ2v) is 5.50. The summed E-state index contributed by atoms with van der Waals surface area (Å²) in [6, 6.07) is 13.9. The maximum Gasteiger partial charge on any atom is 0.199 e. The predicted octanol–water partition coefficient (Wildman–Crippen LogP) is 3.58. The van der Waals surface area contributed by atoms with Gasteiger partial charge in [-0.25, -0.2) is 0 Å². The number of hydrogen-bond donors (Lipinski definition) is 1. The third kappa shape index (κ3) is 1.87. The van der Waals surface area contributed by atoms with Gasteiger partial charge in [-0.05, 0) is 24.3 Å². The van der Waals surface area contributed by atoms with E-state index in [1.54, 1.807) is 7.05 Å². The molecule has 2 aliphatic heterocycles. The number of benzene rings is 2. The van der Waals surface area contributed by atoms with Gasteiger partial charge in [-0.2, -0.15) is 0 Å². The van der Waals surface area contributed by atoms with Crippen LogP contribution >= 0.6 is 11.6 Å². The molecule has 2 aliphatic rings. The lowest BCUT2D eigenvalue weighted by molar-refractivity contribution is 0.481. The summed E-state index contributed by atoms with van der Waals surface area (Å²) in [5.41, 5.74) is 2.09. The number of anilines is 1. The molecule has 0 radical (unpaired) electrons. The van der Waals surface area contributed by atoms with Crippen LogP contribution in [0.3, 0.4) is 0 Å². The van der Waals surface area contributed by atoms with Gasteiger partial charge in [0.1, 0.15) is 5.75 Å². The first-order valence-electron chi connectivity index (χ1n) is 6.84. The highest BCUT2D eigenvalue weighted by molar-refractivity contribution is 6.31. The van der Waals surface area contributed by atoms with Gasteiger partial charge in [-0.3, -0.25) is 9.89 Å². The average Bonchev–Trinajstić information content (AvgIpc) is 2.87. The first-order valence-corrected chi connectivity index (χ1v) is 7.22. The molecule has 1 N–H and O–H groups in total. The Bertz CT molecular complexity index is 744. The Morgan fingerprint density at radius 2 is 2.10 bits per heavy atom. The molecule has 0 spiro atoms. The summed E-state index contributed by atoms with van der Waals surface area (Å²) in [6.45, 7) is 0.791. The van der Waals surface area contributed by atoms with Crippen molar-refractivity contribution in [3.8, 4) is 11.5 Å². The van der Waals surface area contributed by atoms with Crippen LogP contribution in [0.15, 0.2) is 47.5 Å². The summed E-state index contributed by atoms with van der Waals surface area (Å²) < 4.78 is 6.10. The normalized spacial score (nSPS) is 21.0. The quantitative estimate of drug-likeness (QED) is 0.808. The molecule has 1 atom stereocenters. The molecule has 1 unspecified atom stereocenters. The number of nitrogens with one attached hydrogen (secondary N) is 1. The SMILES string of the molecule is CN=C1NCC2c3ccccc3Oc3ccc(Cl)cc3N12. The van der Waals surface area contributed by atoms with Crippen LogP contribution in [0.5, 0.6) is 11.5 Å². The number of fused-ring (bicyclic) bond motifs is 5. The van der Waals surface area contributed by atoms with Crippen LogP contribution in [0, 0.1) is 0 Å². The van der Waals surface area contributed by atoms with Crippen molar-refractivity contribution < 1.29 is 4.74 Å². The molecule has 5 heteroatoms. The zero-order chi connectivity index (χ0) is 14.4. The molecular weight excluding hydrogens is 286 g/mol. The summed E-state index contributed by atoms with van der Waals surface area (Å²) in [5, 5.41) is 4.04. The topological polar surface area (TPSA) is 36.9 Å². The Hall–Kier alpha value is -2.20. The number of rotatable bonds is 0. The van der Waals surface area contributed by atoms with Crippen molar-refractivity contribution in [1.82, 2.24) is 5.32 Å². The number of nitrogens with zero attached hydrogens (tertiary/aromatic N) is 2. The van der Waals surface area contributed by atoms with Crippen LogP contribution in [-0.2, 0) is 0 Å². The molecule has 1 fully saturated rings. The Kier molecular flexibility index (Phi) is 2.79. The lowest BCUT2D eigenvalue weighted by atomic mass is 10.1. The lowest BCUT2D eigenvalue weighted by Gasteiger charge is -2.24. The Balaban J connectivity index is 1.98. The molecule has 0 aliphatic carbocycles. The minimum Gasteiger partial charge on any atom is -0.455 e. The van der Waals surface area contributed by atoms with Crippen LogP contribution in [0.2, 0.25) is 5.02 Å². The Morgan fingerprint density at radius 1 is 1.24 bits per heavy atom. The molecular formula is C16H14ClN3O. The van der Waals surface area contributed by atoms with Crippen LogP contribution in [-0.4, -0.2) is 19.6 Å². The van der Waals surface area contributed by atoms with Crippen LogP contribution < -0.4 is 15.0 Å². The largest absolute Gasteiger partial charge is 0.455 e. The highest BCUT2D eigenvalue weighted by atomic mass is 35.5. The average molecular weight is 300 g/mol. The van der Waals surface area contributed by atoms with Gasteiger partial charge in [-0.1, -0.05) is 29.8 Å². The first-order chi connectivity index (χ1) is 10.3. The van der Waals surface area contributed by atoms with Gasteiger partial charge in [-0.15, -0.1) is 0 Å². The standard InChI is InChI=1S/C16H14ClN3O/c1-18-16-19-9-13-11-4-2-3-5-14(11)21-15-7-6-10(17)8-12(15)20(13)16/h2-8,13H,9H2,1H3,(H,18,19). The maximum absolute atomic E-state index is 6.18. The van der Waals surface area contributed by atoms with E-state index in [0.29, 0.717) is 5.02 Å². The fraction of sp³-hybridized carbons (Fsp3) is 0.188. The molecule has 2 aromatic carbocycles. The fourth-order valence-electron chi connectivity index (χ4n) is 2.96. The van der Waals surface area contributed by atoms with Gasteiger partial charge >= 0.3 is 0 Å². The van der Waals surface area contributed by atoms with E-state index in [2.05, 4.69) is 21.3 Å². The second kappa shape index (κ2) is 4.67. The Morgan fingerprint density at radius 3 is 2.95 bits per heavy atom. The number of hydrogen-bond acceptors (Lipinski definition) is 2.